The van der Waals surface area contributed by atoms with E-state index in [0.29, 0.717) is 5.69 Å². The molecule has 0 radical (unpaired) electrons. The summed E-state index contributed by atoms with van der Waals surface area (Å²) in [6.07, 6.45) is 1.28. The number of nitro groups is 2. The number of nitrogens with zero attached hydrogens (tertiary/aromatic N) is 4. The Hall–Kier alpha value is -1.44. The number of hydrogen-bond donors (Lipinski definition) is 0. The molecule has 0 aliphatic carbocycles. The number of aromatic nitrogens is 2. The Bertz CT molecular complexity index is 951. The molecule has 0 saturated carbocycles. The average Bonchev–Trinajstić information content (AvgIpc) is 2.73. The maximum absolute atomic E-state index is 10.4. The van der Waals surface area contributed by atoms with Crippen LogP contribution < -0.4 is 0 Å². The minimum atomic E-state index is -0.500. The van der Waals surface area contributed by atoms with Crippen molar-refractivity contribution < 1.29 is 9.85 Å². The number of aryl methyl sites for hydroxylation is 3. The molecule has 0 amide bonds. The minimum absolute atomic E-state index is 0. The molecule has 36 heavy (non-hydrogen) atoms. The highest BCUT2D eigenvalue weighted by atomic mass is 127. The van der Waals surface area contributed by atoms with Crippen LogP contribution in [0.2, 0.25) is 0 Å². The Balaban J connectivity index is -0.000000208. The van der Waals surface area contributed by atoms with Gasteiger partial charge < -0.3 is 0 Å². The topological polar surface area (TPSA) is 112 Å². The Kier molecular flexibility index (Phi) is 23.8. The van der Waals surface area contributed by atoms with Gasteiger partial charge in [0.2, 0.25) is 6.54 Å². The zero-order valence-electron chi connectivity index (χ0n) is 22.2. The number of pyridine rings is 2. The van der Waals surface area contributed by atoms with E-state index >= 15 is 0 Å². The molecule has 10 heteroatoms. The van der Waals surface area contributed by atoms with Crippen LogP contribution in [-0.4, -0.2) is 28.8 Å². The van der Waals surface area contributed by atoms with E-state index in [4.69, 9.17) is 10.1 Å². The van der Waals surface area contributed by atoms with Crippen LogP contribution in [0.15, 0.2) is 0 Å². The lowest BCUT2D eigenvalue weighted by molar-refractivity contribution is -0.497. The molecule has 2 aromatic rings. The summed E-state index contributed by atoms with van der Waals surface area (Å²) in [5.74, 6) is 0. The summed E-state index contributed by atoms with van der Waals surface area (Å²) in [5.41, 5.74) is 11.0. The van der Waals surface area contributed by atoms with Gasteiger partial charge in [0.25, 0.3) is 0 Å². The fraction of sp³-hybridized carbons (Fsp3) is 0.615. The first-order chi connectivity index (χ1) is 15.5. The Morgan fingerprint density at radius 1 is 0.694 bits per heavy atom. The summed E-state index contributed by atoms with van der Waals surface area (Å²) in [4.78, 5) is 27.0. The quantitative estimate of drug-likeness (QED) is 0.136. The number of hydrogen-bond acceptors (Lipinski definition) is 6. The molecule has 0 aromatic carbocycles. The molecule has 0 N–H and O–H groups in total. The molecule has 0 bridgehead atoms. The van der Waals surface area contributed by atoms with E-state index in [9.17, 15) is 10.1 Å². The maximum Gasteiger partial charge on any atom is 0.245 e. The highest BCUT2D eigenvalue weighted by Crippen LogP contribution is 2.18. The van der Waals surface area contributed by atoms with E-state index < -0.39 is 4.92 Å². The smallest absolute Gasteiger partial charge is 0.245 e. The van der Waals surface area contributed by atoms with Crippen molar-refractivity contribution in [3.63, 3.8) is 0 Å². The van der Waals surface area contributed by atoms with Crippen molar-refractivity contribution in [2.75, 3.05) is 7.05 Å². The van der Waals surface area contributed by atoms with Crippen molar-refractivity contribution in [2.45, 2.75) is 99.0 Å². The van der Waals surface area contributed by atoms with Crippen LogP contribution in [0.4, 0.5) is 0 Å². The van der Waals surface area contributed by atoms with Crippen molar-refractivity contribution in [3.8, 4) is 0 Å². The average molecular weight is 732 g/mol. The zero-order valence-corrected chi connectivity index (χ0v) is 26.5. The molecular weight excluding hydrogens is 686 g/mol. The van der Waals surface area contributed by atoms with Crippen LogP contribution in [0.3, 0.4) is 0 Å². The van der Waals surface area contributed by atoms with Gasteiger partial charge in [0.1, 0.15) is 5.69 Å². The number of alkyl halides is 2. The summed E-state index contributed by atoms with van der Waals surface area (Å²) in [6, 6.07) is 0. The third-order valence-corrected chi connectivity index (χ3v) is 7.30. The second-order valence-corrected chi connectivity index (χ2v) is 13.3. The van der Waals surface area contributed by atoms with E-state index in [2.05, 4.69) is 96.7 Å². The molecule has 0 atom stereocenters. The lowest BCUT2D eigenvalue weighted by Gasteiger charge is -2.10. The molecule has 0 aliphatic rings. The molecule has 0 saturated heterocycles. The maximum atomic E-state index is 10.4. The highest BCUT2D eigenvalue weighted by Gasteiger charge is 2.12. The van der Waals surface area contributed by atoms with Crippen molar-refractivity contribution in [2.24, 2.45) is 0 Å². The van der Waals surface area contributed by atoms with Gasteiger partial charge in [0.05, 0.1) is 1.93 Å². The summed E-state index contributed by atoms with van der Waals surface area (Å²) >= 11 is 4.79. The summed E-state index contributed by atoms with van der Waals surface area (Å²) in [5, 5.41) is 19.2. The van der Waals surface area contributed by atoms with Gasteiger partial charge >= 0.3 is 0 Å². The molecule has 0 aliphatic heterocycles. The summed E-state index contributed by atoms with van der Waals surface area (Å²) in [6.45, 7) is 20.3. The fourth-order valence-corrected chi connectivity index (χ4v) is 2.66. The molecule has 0 unspecified atom stereocenters. The molecule has 8 nitrogen and oxygen atoms in total. The zero-order chi connectivity index (χ0) is 27.3. The Morgan fingerprint density at radius 3 is 1.25 bits per heavy atom. The monoisotopic (exact) mass is 732 g/mol. The van der Waals surface area contributed by atoms with Crippen molar-refractivity contribution in [1.29, 1.82) is 0 Å². The molecule has 2 aromatic heterocycles. The van der Waals surface area contributed by atoms with Gasteiger partial charge in [-0.05, 0) is 102 Å². The fourth-order valence-electron chi connectivity index (χ4n) is 2.66. The lowest BCUT2D eigenvalue weighted by atomic mass is 10.0. The molecule has 0 fully saturated rings. The Morgan fingerprint density at radius 2 is 0.972 bits per heavy atom. The largest absolute Gasteiger partial charge is 0.265 e. The van der Waals surface area contributed by atoms with Crippen molar-refractivity contribution in [3.05, 3.63) is 76.4 Å². The summed E-state index contributed by atoms with van der Waals surface area (Å²) < 4.78 is 0.824. The van der Waals surface area contributed by atoms with Crippen LogP contribution in [0.5, 0.6) is 0 Å². The predicted octanol–water partition coefficient (Wildman–Crippen LogP) is 8.47. The van der Waals surface area contributed by atoms with Gasteiger partial charge in [-0.1, -0.05) is 67.0 Å². The standard InChI is InChI=1S/C10H14N2O2.C10H15N.C3H6I2.CH3NO2.2CH4/c1-6-7(2)9(4)11-10(8(6)3)5-12(13)14;1-6-7(2)9(4)11-10(5)8(6)3;1-2-3(4)5;1-2(3)4;;/h5H2,1-4H3;1-5H3;3H,2H2,1H3;1H3;2*1H4. The van der Waals surface area contributed by atoms with Gasteiger partial charge in [-0.15, -0.1) is 0 Å². The van der Waals surface area contributed by atoms with Gasteiger partial charge in [-0.2, -0.15) is 0 Å². The number of halogens is 2. The highest BCUT2D eigenvalue weighted by molar-refractivity contribution is 14.2. The number of rotatable bonds is 3. The molecular formula is C26H46I2N4O4. The van der Waals surface area contributed by atoms with Gasteiger partial charge in [-0.25, -0.2) is 0 Å². The van der Waals surface area contributed by atoms with Crippen LogP contribution in [0, 0.1) is 82.5 Å². The first-order valence-electron chi connectivity index (χ1n) is 10.8. The van der Waals surface area contributed by atoms with Crippen LogP contribution >= 0.6 is 45.2 Å². The van der Waals surface area contributed by atoms with Crippen LogP contribution in [-0.2, 0) is 6.54 Å². The second kappa shape index (κ2) is 20.6. The summed E-state index contributed by atoms with van der Waals surface area (Å²) in [7, 11) is 0.889. The Labute approximate surface area is 246 Å². The van der Waals surface area contributed by atoms with Gasteiger partial charge in [-0.3, -0.25) is 30.2 Å². The van der Waals surface area contributed by atoms with Crippen LogP contribution in [0.25, 0.3) is 0 Å². The van der Waals surface area contributed by atoms with Gasteiger partial charge in [0, 0.05) is 26.9 Å². The third kappa shape index (κ3) is 16.3. The first-order valence-corrected chi connectivity index (χ1v) is 13.3. The molecule has 0 spiro atoms. The molecule has 208 valence electrons. The van der Waals surface area contributed by atoms with E-state index in [1.54, 1.807) is 0 Å². The predicted molar refractivity (Wildman–Crippen MR) is 170 cm³/mol. The van der Waals surface area contributed by atoms with E-state index in [0.717, 1.165) is 42.8 Å². The first kappa shape index (κ1) is 41.7. The second-order valence-electron chi connectivity index (χ2n) is 7.91. The van der Waals surface area contributed by atoms with Gasteiger partial charge in [0.15, 0.2) is 7.05 Å². The molecule has 2 heterocycles. The van der Waals surface area contributed by atoms with Crippen LogP contribution in [0.1, 0.15) is 84.4 Å². The van der Waals surface area contributed by atoms with E-state index in [1.807, 2.05) is 27.7 Å². The van der Waals surface area contributed by atoms with Crippen molar-refractivity contribution >= 4 is 45.2 Å². The molecule has 2 rings (SSSR count). The van der Waals surface area contributed by atoms with E-state index in [-0.39, 0.29) is 26.3 Å². The minimum Gasteiger partial charge on any atom is -0.265 e. The van der Waals surface area contributed by atoms with E-state index in [1.165, 1.54) is 23.1 Å². The third-order valence-electron chi connectivity index (χ3n) is 5.54. The lowest BCUT2D eigenvalue weighted by Crippen LogP contribution is -2.07. The van der Waals surface area contributed by atoms with Crippen molar-refractivity contribution in [1.82, 2.24) is 9.97 Å². The normalized spacial score (nSPS) is 9.17. The SMILES string of the molecule is C.C.CCC(I)I.C[N+](=O)[O-].Cc1nc(C)c(C)c(C)c1C.Cc1nc(C[N+](=O)[O-])c(C)c(C)c1C.